The zero-order valence-electron chi connectivity index (χ0n) is 20.7. The SMILES string of the molecule is CCOCCOCCOCCOCCOCCOCc1ccc(C(O)=CC(=O)C(=O)OCC)cc1. The number of ketones is 1. The van der Waals surface area contributed by atoms with Crippen LogP contribution in [0, 0.1) is 0 Å². The van der Waals surface area contributed by atoms with Gasteiger partial charge in [-0.25, -0.2) is 4.79 Å². The molecule has 0 fully saturated rings. The third-order valence-corrected chi connectivity index (χ3v) is 4.33. The van der Waals surface area contributed by atoms with Crippen molar-refractivity contribution in [1.82, 2.24) is 0 Å². The van der Waals surface area contributed by atoms with Crippen LogP contribution in [0.1, 0.15) is 25.0 Å². The quantitative estimate of drug-likeness (QED) is 0.0839. The Morgan fingerprint density at radius 3 is 1.60 bits per heavy atom. The van der Waals surface area contributed by atoms with Gasteiger partial charge in [0.25, 0.3) is 5.78 Å². The highest BCUT2D eigenvalue weighted by atomic mass is 16.6. The summed E-state index contributed by atoms with van der Waals surface area (Å²) >= 11 is 0. The average molecular weight is 499 g/mol. The highest BCUT2D eigenvalue weighted by Gasteiger charge is 2.13. The Morgan fingerprint density at radius 2 is 1.14 bits per heavy atom. The number of hydrogen-bond acceptors (Lipinski definition) is 10. The van der Waals surface area contributed by atoms with E-state index in [1.165, 1.54) is 0 Å². The van der Waals surface area contributed by atoms with E-state index in [1.54, 1.807) is 31.2 Å². The molecule has 0 spiro atoms. The number of aliphatic hydroxyl groups is 1. The van der Waals surface area contributed by atoms with Gasteiger partial charge in [-0.15, -0.1) is 0 Å². The van der Waals surface area contributed by atoms with Gasteiger partial charge >= 0.3 is 5.97 Å². The van der Waals surface area contributed by atoms with Crippen molar-refractivity contribution in [3.8, 4) is 0 Å². The molecule has 0 aromatic heterocycles. The van der Waals surface area contributed by atoms with Gasteiger partial charge in [-0.3, -0.25) is 4.79 Å². The van der Waals surface area contributed by atoms with Crippen molar-refractivity contribution in [3.63, 3.8) is 0 Å². The monoisotopic (exact) mass is 498 g/mol. The molecule has 0 aliphatic carbocycles. The van der Waals surface area contributed by atoms with E-state index in [4.69, 9.17) is 28.4 Å². The van der Waals surface area contributed by atoms with Crippen LogP contribution in [0.5, 0.6) is 0 Å². The standard InChI is InChI=1S/C25H38O10/c1-3-29-9-10-30-11-12-31-13-14-32-15-16-33-17-18-34-20-21-5-7-22(8-6-21)23(26)19-24(27)25(28)35-4-2/h5-8,19,26H,3-4,9-18,20H2,1-2H3. The van der Waals surface area contributed by atoms with Crippen molar-refractivity contribution >= 4 is 17.5 Å². The number of rotatable bonds is 22. The van der Waals surface area contributed by atoms with E-state index in [9.17, 15) is 14.7 Å². The molecule has 10 nitrogen and oxygen atoms in total. The minimum absolute atomic E-state index is 0.0925. The first-order valence-corrected chi connectivity index (χ1v) is 11.8. The number of carbonyl (C=O) groups excluding carboxylic acids is 2. The van der Waals surface area contributed by atoms with Crippen LogP contribution >= 0.6 is 0 Å². The van der Waals surface area contributed by atoms with E-state index < -0.39 is 11.8 Å². The van der Waals surface area contributed by atoms with Crippen LogP contribution in [0.2, 0.25) is 0 Å². The number of benzene rings is 1. The second-order valence-corrected chi connectivity index (χ2v) is 7.01. The number of ether oxygens (including phenoxy) is 7. The van der Waals surface area contributed by atoms with Crippen LogP contribution in [0.3, 0.4) is 0 Å². The molecule has 0 aliphatic rings. The molecule has 0 heterocycles. The summed E-state index contributed by atoms with van der Waals surface area (Å²) in [7, 11) is 0. The van der Waals surface area contributed by atoms with Crippen molar-refractivity contribution < 1.29 is 47.9 Å². The Bertz CT molecular complexity index is 717. The van der Waals surface area contributed by atoms with Gasteiger partial charge in [0, 0.05) is 18.2 Å². The summed E-state index contributed by atoms with van der Waals surface area (Å²) in [5.74, 6) is -2.22. The third-order valence-electron chi connectivity index (χ3n) is 4.33. The number of esters is 1. The molecular weight excluding hydrogens is 460 g/mol. The molecule has 0 saturated heterocycles. The van der Waals surface area contributed by atoms with Crippen LogP contribution in [-0.2, 0) is 49.4 Å². The van der Waals surface area contributed by atoms with E-state index in [-0.39, 0.29) is 12.4 Å². The van der Waals surface area contributed by atoms with Gasteiger partial charge < -0.3 is 38.3 Å². The highest BCUT2D eigenvalue weighted by molar-refractivity contribution is 6.39. The lowest BCUT2D eigenvalue weighted by atomic mass is 10.1. The molecule has 0 bridgehead atoms. The molecule has 0 amide bonds. The first-order valence-electron chi connectivity index (χ1n) is 11.8. The Balaban J connectivity index is 2.00. The van der Waals surface area contributed by atoms with Crippen molar-refractivity contribution in [2.24, 2.45) is 0 Å². The average Bonchev–Trinajstić information content (AvgIpc) is 2.86. The van der Waals surface area contributed by atoms with Gasteiger partial charge in [0.15, 0.2) is 0 Å². The van der Waals surface area contributed by atoms with Gasteiger partial charge in [-0.1, -0.05) is 24.3 Å². The Morgan fingerprint density at radius 1 is 0.686 bits per heavy atom. The van der Waals surface area contributed by atoms with Gasteiger partial charge in [-0.05, 0) is 19.4 Å². The predicted octanol–water partition coefficient (Wildman–Crippen LogP) is 2.34. The second-order valence-electron chi connectivity index (χ2n) is 7.01. The van der Waals surface area contributed by atoms with Crippen molar-refractivity contribution in [1.29, 1.82) is 0 Å². The molecule has 1 N–H and O–H groups in total. The van der Waals surface area contributed by atoms with E-state index in [0.29, 0.717) is 84.8 Å². The first kappa shape index (κ1) is 30.7. The molecule has 10 heteroatoms. The fraction of sp³-hybridized carbons (Fsp3) is 0.600. The lowest BCUT2D eigenvalue weighted by Crippen LogP contribution is -2.15. The molecule has 198 valence electrons. The highest BCUT2D eigenvalue weighted by Crippen LogP contribution is 2.13. The Kier molecular flexibility index (Phi) is 18.4. The summed E-state index contributed by atoms with van der Waals surface area (Å²) < 4.78 is 36.9. The van der Waals surface area contributed by atoms with Crippen LogP contribution in [0.25, 0.3) is 5.76 Å². The zero-order valence-corrected chi connectivity index (χ0v) is 20.7. The van der Waals surface area contributed by atoms with E-state index in [2.05, 4.69) is 4.74 Å². The molecule has 35 heavy (non-hydrogen) atoms. The summed E-state index contributed by atoms with van der Waals surface area (Å²) in [4.78, 5) is 22.9. The molecule has 1 aromatic carbocycles. The van der Waals surface area contributed by atoms with Crippen LogP contribution in [0.15, 0.2) is 30.3 Å². The fourth-order valence-corrected chi connectivity index (χ4v) is 2.57. The van der Waals surface area contributed by atoms with E-state index in [0.717, 1.165) is 11.6 Å². The molecule has 0 radical (unpaired) electrons. The Labute approximate surface area is 207 Å². The fourth-order valence-electron chi connectivity index (χ4n) is 2.57. The number of aliphatic hydroxyl groups excluding tert-OH is 1. The van der Waals surface area contributed by atoms with Gasteiger partial charge in [0.1, 0.15) is 5.76 Å². The summed E-state index contributed by atoms with van der Waals surface area (Å²) in [6.45, 7) is 9.76. The maximum atomic E-state index is 11.6. The predicted molar refractivity (Wildman–Crippen MR) is 128 cm³/mol. The lowest BCUT2D eigenvalue weighted by molar-refractivity contribution is -0.151. The van der Waals surface area contributed by atoms with Crippen molar-refractivity contribution in [2.45, 2.75) is 20.5 Å². The largest absolute Gasteiger partial charge is 0.507 e. The summed E-state index contributed by atoms with van der Waals surface area (Å²) in [6.07, 6.45) is 0.846. The maximum Gasteiger partial charge on any atom is 0.379 e. The smallest absolute Gasteiger partial charge is 0.379 e. The number of hydrogen-bond donors (Lipinski definition) is 1. The summed E-state index contributed by atoms with van der Waals surface area (Å²) in [5.41, 5.74) is 1.30. The van der Waals surface area contributed by atoms with Gasteiger partial charge in [0.05, 0.1) is 79.3 Å². The minimum atomic E-state index is -1.00. The Hall–Kier alpha value is -2.34. The lowest BCUT2D eigenvalue weighted by Gasteiger charge is -2.08. The molecule has 0 saturated carbocycles. The summed E-state index contributed by atoms with van der Waals surface area (Å²) in [5, 5.41) is 9.99. The molecule has 0 unspecified atom stereocenters. The van der Waals surface area contributed by atoms with Crippen LogP contribution < -0.4 is 0 Å². The van der Waals surface area contributed by atoms with Crippen molar-refractivity contribution in [3.05, 3.63) is 41.5 Å². The molecule has 1 rings (SSSR count). The summed E-state index contributed by atoms with van der Waals surface area (Å²) in [6, 6.07) is 6.79. The van der Waals surface area contributed by atoms with Crippen LogP contribution in [0.4, 0.5) is 0 Å². The normalized spacial score (nSPS) is 11.5. The van der Waals surface area contributed by atoms with Crippen molar-refractivity contribution in [2.75, 3.05) is 79.3 Å². The molecule has 1 aromatic rings. The first-order chi connectivity index (χ1) is 17.1. The number of carbonyl (C=O) groups is 2. The van der Waals surface area contributed by atoms with E-state index >= 15 is 0 Å². The zero-order chi connectivity index (χ0) is 25.6. The van der Waals surface area contributed by atoms with E-state index in [1.807, 2.05) is 6.92 Å². The molecular formula is C25H38O10. The second kappa shape index (κ2) is 21.0. The molecule has 0 aliphatic heterocycles. The molecule has 0 atom stereocenters. The minimum Gasteiger partial charge on any atom is -0.507 e. The maximum absolute atomic E-state index is 11.6. The van der Waals surface area contributed by atoms with Crippen LogP contribution in [-0.4, -0.2) is 96.1 Å². The third kappa shape index (κ3) is 16.0. The van der Waals surface area contributed by atoms with Gasteiger partial charge in [-0.2, -0.15) is 0 Å². The van der Waals surface area contributed by atoms with Gasteiger partial charge in [0.2, 0.25) is 0 Å². The topological polar surface area (TPSA) is 119 Å².